The van der Waals surface area contributed by atoms with Crippen LogP contribution in [0.4, 0.5) is 5.69 Å². The van der Waals surface area contributed by atoms with Gasteiger partial charge in [-0.3, -0.25) is 4.79 Å². The summed E-state index contributed by atoms with van der Waals surface area (Å²) in [6.45, 7) is 11.9. The molecule has 0 fully saturated rings. The predicted octanol–water partition coefficient (Wildman–Crippen LogP) is 4.31. The molecule has 0 aliphatic carbocycles. The minimum Gasteiger partial charge on any atom is -0.312 e. The topological polar surface area (TPSA) is 20.3 Å². The van der Waals surface area contributed by atoms with Crippen molar-refractivity contribution in [3.05, 3.63) is 29.3 Å². The van der Waals surface area contributed by atoms with Crippen molar-refractivity contribution in [2.24, 2.45) is 5.92 Å². The van der Waals surface area contributed by atoms with Gasteiger partial charge in [-0.05, 0) is 41.4 Å². The number of anilines is 1. The summed E-state index contributed by atoms with van der Waals surface area (Å²) >= 11 is 0. The summed E-state index contributed by atoms with van der Waals surface area (Å²) in [5.41, 5.74) is 3.99. The normalized spacial score (nSPS) is 14.8. The summed E-state index contributed by atoms with van der Waals surface area (Å²) in [5, 5.41) is 0. The van der Waals surface area contributed by atoms with Gasteiger partial charge in [-0.15, -0.1) is 0 Å². The van der Waals surface area contributed by atoms with Gasteiger partial charge in [0.25, 0.3) is 0 Å². The number of carbonyl (C=O) groups is 1. The summed E-state index contributed by atoms with van der Waals surface area (Å²) in [5.74, 6) is 0.866. The molecule has 0 unspecified atom stereocenters. The Bertz CT molecular complexity index is 497. The third-order valence-electron chi connectivity index (χ3n) is 4.08. The largest absolute Gasteiger partial charge is 0.312 e. The molecule has 0 bridgehead atoms. The second-order valence-electron chi connectivity index (χ2n) is 7.32. The van der Waals surface area contributed by atoms with E-state index in [2.05, 4.69) is 52.8 Å². The number of amides is 1. The Balaban J connectivity index is 2.15. The van der Waals surface area contributed by atoms with E-state index in [1.165, 1.54) is 11.1 Å². The van der Waals surface area contributed by atoms with Gasteiger partial charge < -0.3 is 4.90 Å². The number of benzene rings is 1. The van der Waals surface area contributed by atoms with Crippen LogP contribution < -0.4 is 4.90 Å². The molecule has 0 radical (unpaired) electrons. The van der Waals surface area contributed by atoms with Crippen molar-refractivity contribution < 1.29 is 4.79 Å². The van der Waals surface area contributed by atoms with Crippen LogP contribution in [0.25, 0.3) is 0 Å². The highest BCUT2D eigenvalue weighted by molar-refractivity contribution is 5.95. The summed E-state index contributed by atoms with van der Waals surface area (Å²) in [4.78, 5) is 14.3. The lowest BCUT2D eigenvalue weighted by molar-refractivity contribution is -0.118. The molecule has 20 heavy (non-hydrogen) atoms. The van der Waals surface area contributed by atoms with E-state index < -0.39 is 0 Å². The third kappa shape index (κ3) is 3.23. The molecule has 110 valence electrons. The molecular formula is C18H27NO. The van der Waals surface area contributed by atoms with Crippen LogP contribution >= 0.6 is 0 Å². The van der Waals surface area contributed by atoms with Crippen molar-refractivity contribution in [3.8, 4) is 0 Å². The zero-order valence-electron chi connectivity index (χ0n) is 13.5. The van der Waals surface area contributed by atoms with Crippen molar-refractivity contribution in [2.45, 2.75) is 59.3 Å². The first-order valence-electron chi connectivity index (χ1n) is 7.73. The van der Waals surface area contributed by atoms with Crippen LogP contribution in [0, 0.1) is 5.92 Å². The number of fused-ring (bicyclic) bond motifs is 1. The zero-order valence-corrected chi connectivity index (χ0v) is 13.5. The van der Waals surface area contributed by atoms with Crippen LogP contribution in [0.1, 0.15) is 58.6 Å². The molecule has 0 spiro atoms. The maximum Gasteiger partial charge on any atom is 0.227 e. The Hall–Kier alpha value is -1.31. The minimum absolute atomic E-state index is 0.171. The molecule has 0 aromatic heterocycles. The van der Waals surface area contributed by atoms with E-state index in [-0.39, 0.29) is 11.3 Å². The first-order valence-corrected chi connectivity index (χ1v) is 7.73. The molecule has 2 heteroatoms. The second-order valence-corrected chi connectivity index (χ2v) is 7.32. The Morgan fingerprint density at radius 1 is 1.30 bits per heavy atom. The number of carbonyl (C=O) groups excluding carboxylic acids is 1. The molecular weight excluding hydrogens is 246 g/mol. The van der Waals surface area contributed by atoms with Crippen molar-refractivity contribution >= 4 is 11.6 Å². The van der Waals surface area contributed by atoms with E-state index in [4.69, 9.17) is 0 Å². The molecule has 0 N–H and O–H groups in total. The van der Waals surface area contributed by atoms with Gasteiger partial charge in [0.15, 0.2) is 0 Å². The molecule has 1 aromatic carbocycles. The second kappa shape index (κ2) is 5.59. The highest BCUT2D eigenvalue weighted by atomic mass is 16.2. The molecule has 2 rings (SSSR count). The van der Waals surface area contributed by atoms with Crippen LogP contribution in [-0.4, -0.2) is 12.5 Å². The molecule has 1 aromatic rings. The highest BCUT2D eigenvalue weighted by Crippen LogP contribution is 2.33. The van der Waals surface area contributed by atoms with Crippen LogP contribution in [-0.2, 0) is 16.6 Å². The Morgan fingerprint density at radius 3 is 2.60 bits per heavy atom. The highest BCUT2D eigenvalue weighted by Gasteiger charge is 2.26. The van der Waals surface area contributed by atoms with Crippen LogP contribution in [0.15, 0.2) is 18.2 Å². The van der Waals surface area contributed by atoms with Crippen molar-refractivity contribution in [1.82, 2.24) is 0 Å². The van der Waals surface area contributed by atoms with E-state index in [1.54, 1.807) is 0 Å². The fraction of sp³-hybridized carbons (Fsp3) is 0.611. The minimum atomic E-state index is 0.171. The van der Waals surface area contributed by atoms with Gasteiger partial charge in [-0.1, -0.05) is 46.8 Å². The summed E-state index contributed by atoms with van der Waals surface area (Å²) in [6.07, 6.45) is 2.63. The average molecular weight is 273 g/mol. The van der Waals surface area contributed by atoms with E-state index in [0.29, 0.717) is 12.3 Å². The fourth-order valence-corrected chi connectivity index (χ4v) is 2.67. The van der Waals surface area contributed by atoms with Gasteiger partial charge in [0.05, 0.1) is 0 Å². The van der Waals surface area contributed by atoms with Gasteiger partial charge in [-0.25, -0.2) is 0 Å². The van der Waals surface area contributed by atoms with Crippen molar-refractivity contribution in [3.63, 3.8) is 0 Å². The van der Waals surface area contributed by atoms with E-state index in [9.17, 15) is 4.79 Å². The van der Waals surface area contributed by atoms with Crippen molar-refractivity contribution in [1.29, 1.82) is 0 Å². The van der Waals surface area contributed by atoms with Crippen molar-refractivity contribution in [2.75, 3.05) is 11.4 Å². The molecule has 1 amide bonds. The monoisotopic (exact) mass is 273 g/mol. The molecule has 2 nitrogen and oxygen atoms in total. The lowest BCUT2D eigenvalue weighted by Gasteiger charge is -2.22. The maximum atomic E-state index is 12.3. The quantitative estimate of drug-likeness (QED) is 0.803. The average Bonchev–Trinajstić information content (AvgIpc) is 2.77. The maximum absolute atomic E-state index is 12.3. The lowest BCUT2D eigenvalue weighted by atomic mass is 9.86. The third-order valence-corrected chi connectivity index (χ3v) is 4.08. The Kier molecular flexibility index (Phi) is 4.22. The predicted molar refractivity (Wildman–Crippen MR) is 85.3 cm³/mol. The van der Waals surface area contributed by atoms with Gasteiger partial charge in [-0.2, -0.15) is 0 Å². The molecule has 0 atom stereocenters. The first kappa shape index (κ1) is 15.1. The fourth-order valence-electron chi connectivity index (χ4n) is 2.67. The standard InChI is InChI=1S/C18H27NO/c1-13(2)6-9-17(20)19-11-10-14-12-15(18(3,4)5)7-8-16(14)19/h7-8,12-13H,6,9-11H2,1-5H3. The zero-order chi connectivity index (χ0) is 14.9. The smallest absolute Gasteiger partial charge is 0.227 e. The van der Waals surface area contributed by atoms with Gasteiger partial charge >= 0.3 is 0 Å². The van der Waals surface area contributed by atoms with Crippen LogP contribution in [0.5, 0.6) is 0 Å². The Morgan fingerprint density at radius 2 is 2.00 bits per heavy atom. The lowest BCUT2D eigenvalue weighted by Crippen LogP contribution is -2.28. The number of nitrogens with zero attached hydrogens (tertiary/aromatic N) is 1. The molecule has 0 saturated heterocycles. The van der Waals surface area contributed by atoms with Crippen LogP contribution in [0.3, 0.4) is 0 Å². The Labute approximate surface area is 123 Å². The van der Waals surface area contributed by atoms with Gasteiger partial charge in [0, 0.05) is 18.7 Å². The van der Waals surface area contributed by atoms with Gasteiger partial charge in [0.2, 0.25) is 5.91 Å². The molecule has 1 aliphatic rings. The van der Waals surface area contributed by atoms with Gasteiger partial charge in [0.1, 0.15) is 0 Å². The summed E-state index contributed by atoms with van der Waals surface area (Å²) < 4.78 is 0. The molecule has 1 aliphatic heterocycles. The molecule has 0 saturated carbocycles. The summed E-state index contributed by atoms with van der Waals surface area (Å²) in [7, 11) is 0. The SMILES string of the molecule is CC(C)CCC(=O)N1CCc2cc(C(C)(C)C)ccc21. The van der Waals surface area contributed by atoms with E-state index in [0.717, 1.165) is 25.1 Å². The number of hydrogen-bond donors (Lipinski definition) is 0. The number of hydrogen-bond acceptors (Lipinski definition) is 1. The van der Waals surface area contributed by atoms with E-state index in [1.807, 2.05) is 4.90 Å². The number of rotatable bonds is 3. The van der Waals surface area contributed by atoms with E-state index >= 15 is 0 Å². The molecule has 1 heterocycles. The van der Waals surface area contributed by atoms with Crippen LogP contribution in [0.2, 0.25) is 0 Å². The first-order chi connectivity index (χ1) is 9.29. The summed E-state index contributed by atoms with van der Waals surface area (Å²) in [6, 6.07) is 6.59.